The van der Waals surface area contributed by atoms with Crippen LogP contribution in [0.1, 0.15) is 49.0 Å². The summed E-state index contributed by atoms with van der Waals surface area (Å²) >= 11 is 0. The van der Waals surface area contributed by atoms with E-state index in [1.165, 1.54) is 0 Å². The number of nitrogens with zero attached hydrogens (tertiary/aromatic N) is 1. The van der Waals surface area contributed by atoms with E-state index in [0.29, 0.717) is 30.7 Å². The second-order valence-corrected chi connectivity index (χ2v) is 7.17. The standard InChI is InChI=1S/C24H33NO3.ClH/c1-3-16-25(17-4-2)18-21(26)19-28-24-13-9-8-12-22(24)23(27)15-14-20-10-6-5-7-11-20;/h5-13,21,26H,3-4,14-19H2,1-2H3;1H. The van der Waals surface area contributed by atoms with E-state index in [1.807, 2.05) is 42.5 Å². The second-order valence-electron chi connectivity index (χ2n) is 7.17. The van der Waals surface area contributed by atoms with Gasteiger partial charge in [-0.2, -0.15) is 0 Å². The van der Waals surface area contributed by atoms with Crippen LogP contribution < -0.4 is 4.74 Å². The van der Waals surface area contributed by atoms with Crippen molar-refractivity contribution >= 4 is 18.2 Å². The lowest BCUT2D eigenvalue weighted by molar-refractivity contribution is 0.0673. The fourth-order valence-electron chi connectivity index (χ4n) is 3.32. The minimum Gasteiger partial charge on any atom is -0.490 e. The lowest BCUT2D eigenvalue weighted by atomic mass is 10.0. The molecule has 0 fully saturated rings. The molecule has 0 aliphatic rings. The molecule has 4 nitrogen and oxygen atoms in total. The molecule has 0 saturated heterocycles. The number of benzene rings is 2. The number of hydrogen-bond donors (Lipinski definition) is 1. The van der Waals surface area contributed by atoms with Crippen LogP contribution in [0, 0.1) is 0 Å². The molecule has 1 unspecified atom stereocenters. The molecule has 2 aromatic carbocycles. The van der Waals surface area contributed by atoms with E-state index in [1.54, 1.807) is 12.1 Å². The Balaban J connectivity index is 0.00000420. The Bertz CT molecular complexity index is 702. The molecule has 5 heteroatoms. The van der Waals surface area contributed by atoms with Gasteiger partial charge in [-0.15, -0.1) is 12.4 Å². The van der Waals surface area contributed by atoms with Crippen molar-refractivity contribution in [2.24, 2.45) is 0 Å². The van der Waals surface area contributed by atoms with Gasteiger partial charge >= 0.3 is 0 Å². The second kappa shape index (κ2) is 14.2. The van der Waals surface area contributed by atoms with Crippen LogP contribution in [-0.4, -0.2) is 48.1 Å². The Morgan fingerprint density at radius 2 is 1.62 bits per heavy atom. The first-order chi connectivity index (χ1) is 13.6. The van der Waals surface area contributed by atoms with Crippen molar-refractivity contribution in [2.45, 2.75) is 45.6 Å². The van der Waals surface area contributed by atoms with Crippen LogP contribution in [0.25, 0.3) is 0 Å². The van der Waals surface area contributed by atoms with E-state index in [-0.39, 0.29) is 24.8 Å². The van der Waals surface area contributed by atoms with Crippen molar-refractivity contribution in [2.75, 3.05) is 26.2 Å². The van der Waals surface area contributed by atoms with Gasteiger partial charge in [-0.05, 0) is 50.0 Å². The number of ether oxygens (including phenoxy) is 1. The zero-order valence-electron chi connectivity index (χ0n) is 17.5. The van der Waals surface area contributed by atoms with E-state index in [4.69, 9.17) is 4.74 Å². The fourth-order valence-corrected chi connectivity index (χ4v) is 3.32. The van der Waals surface area contributed by atoms with Gasteiger partial charge < -0.3 is 14.7 Å². The molecular weight excluding hydrogens is 386 g/mol. The van der Waals surface area contributed by atoms with Crippen LogP contribution >= 0.6 is 12.4 Å². The maximum atomic E-state index is 12.7. The molecule has 0 aromatic heterocycles. The zero-order valence-corrected chi connectivity index (χ0v) is 18.4. The molecule has 1 atom stereocenters. The van der Waals surface area contributed by atoms with Gasteiger partial charge in [0.15, 0.2) is 5.78 Å². The minimum absolute atomic E-state index is 0. The van der Waals surface area contributed by atoms with Crippen molar-refractivity contribution in [3.05, 3.63) is 65.7 Å². The molecule has 2 rings (SSSR count). The molecule has 0 aliphatic heterocycles. The maximum absolute atomic E-state index is 12.7. The Hall–Kier alpha value is -1.88. The van der Waals surface area contributed by atoms with Crippen LogP contribution in [0.5, 0.6) is 5.75 Å². The lowest BCUT2D eigenvalue weighted by Crippen LogP contribution is -2.36. The van der Waals surface area contributed by atoms with Crippen molar-refractivity contribution in [1.82, 2.24) is 4.90 Å². The SMILES string of the molecule is CCCN(CCC)CC(O)COc1ccccc1C(=O)CCc1ccccc1.Cl. The number of aryl methyl sites for hydroxylation is 1. The number of carbonyl (C=O) groups excluding carboxylic acids is 1. The highest BCUT2D eigenvalue weighted by Gasteiger charge is 2.15. The van der Waals surface area contributed by atoms with E-state index in [2.05, 4.69) is 18.7 Å². The Morgan fingerprint density at radius 1 is 1.00 bits per heavy atom. The van der Waals surface area contributed by atoms with Gasteiger partial charge in [0, 0.05) is 13.0 Å². The number of Topliss-reactive ketones (excluding diaryl/α,β-unsaturated/α-hetero) is 1. The van der Waals surface area contributed by atoms with Crippen LogP contribution in [0.15, 0.2) is 54.6 Å². The summed E-state index contributed by atoms with van der Waals surface area (Å²) in [6, 6.07) is 17.3. The number of aliphatic hydroxyl groups excluding tert-OH is 1. The predicted octanol–water partition coefficient (Wildman–Crippen LogP) is 4.79. The molecule has 29 heavy (non-hydrogen) atoms. The summed E-state index contributed by atoms with van der Waals surface area (Å²) in [6.45, 7) is 7.00. The highest BCUT2D eigenvalue weighted by atomic mass is 35.5. The summed E-state index contributed by atoms with van der Waals surface area (Å²) in [7, 11) is 0. The van der Waals surface area contributed by atoms with Gasteiger partial charge in [-0.3, -0.25) is 4.79 Å². The molecule has 0 bridgehead atoms. The number of aliphatic hydroxyl groups is 1. The summed E-state index contributed by atoms with van der Waals surface area (Å²) in [6.07, 6.45) is 2.69. The third kappa shape index (κ3) is 8.99. The van der Waals surface area contributed by atoms with E-state index in [9.17, 15) is 9.90 Å². The van der Waals surface area contributed by atoms with Crippen molar-refractivity contribution in [1.29, 1.82) is 0 Å². The molecule has 0 radical (unpaired) electrons. The topological polar surface area (TPSA) is 49.8 Å². The van der Waals surface area contributed by atoms with Gasteiger partial charge in [-0.1, -0.05) is 56.3 Å². The first kappa shape index (κ1) is 25.2. The Kier molecular flexibility index (Phi) is 12.3. The van der Waals surface area contributed by atoms with Crippen molar-refractivity contribution in [3.8, 4) is 5.75 Å². The average Bonchev–Trinajstić information content (AvgIpc) is 2.72. The largest absolute Gasteiger partial charge is 0.490 e. The van der Waals surface area contributed by atoms with Gasteiger partial charge in [0.2, 0.25) is 0 Å². The normalized spacial score (nSPS) is 11.7. The molecule has 0 aliphatic carbocycles. The van der Waals surface area contributed by atoms with Gasteiger partial charge in [0.1, 0.15) is 18.5 Å². The maximum Gasteiger partial charge on any atom is 0.166 e. The van der Waals surface area contributed by atoms with Crippen molar-refractivity contribution in [3.63, 3.8) is 0 Å². The molecule has 1 N–H and O–H groups in total. The Labute approximate surface area is 181 Å². The van der Waals surface area contributed by atoms with Crippen LogP contribution in [0.3, 0.4) is 0 Å². The zero-order chi connectivity index (χ0) is 20.2. The van der Waals surface area contributed by atoms with Gasteiger partial charge in [-0.25, -0.2) is 0 Å². The summed E-state index contributed by atoms with van der Waals surface area (Å²) in [5, 5.41) is 10.4. The predicted molar refractivity (Wildman–Crippen MR) is 121 cm³/mol. The molecule has 2 aromatic rings. The number of halogens is 1. The quantitative estimate of drug-likeness (QED) is 0.474. The number of rotatable bonds is 13. The molecular formula is C24H34ClNO3. The van der Waals surface area contributed by atoms with Gasteiger partial charge in [0.05, 0.1) is 5.56 Å². The number of hydrogen-bond acceptors (Lipinski definition) is 4. The smallest absolute Gasteiger partial charge is 0.166 e. The number of para-hydroxylation sites is 1. The third-order valence-electron chi connectivity index (χ3n) is 4.65. The van der Waals surface area contributed by atoms with E-state index < -0.39 is 6.10 Å². The molecule has 0 heterocycles. The summed E-state index contributed by atoms with van der Waals surface area (Å²) in [4.78, 5) is 14.9. The highest BCUT2D eigenvalue weighted by molar-refractivity contribution is 5.98. The Morgan fingerprint density at radius 3 is 2.28 bits per heavy atom. The van der Waals surface area contributed by atoms with Crippen LogP contribution in [0.2, 0.25) is 0 Å². The monoisotopic (exact) mass is 419 g/mol. The molecule has 0 amide bonds. The first-order valence-electron chi connectivity index (χ1n) is 10.3. The van der Waals surface area contributed by atoms with Crippen LogP contribution in [-0.2, 0) is 6.42 Å². The van der Waals surface area contributed by atoms with E-state index >= 15 is 0 Å². The average molecular weight is 420 g/mol. The first-order valence-corrected chi connectivity index (χ1v) is 10.3. The number of carbonyl (C=O) groups is 1. The van der Waals surface area contributed by atoms with Crippen LogP contribution in [0.4, 0.5) is 0 Å². The highest BCUT2D eigenvalue weighted by Crippen LogP contribution is 2.21. The summed E-state index contributed by atoms with van der Waals surface area (Å²) < 4.78 is 5.83. The van der Waals surface area contributed by atoms with E-state index in [0.717, 1.165) is 31.5 Å². The minimum atomic E-state index is -0.578. The number of ketones is 1. The van der Waals surface area contributed by atoms with Crippen molar-refractivity contribution < 1.29 is 14.6 Å². The summed E-state index contributed by atoms with van der Waals surface area (Å²) in [5.74, 6) is 0.615. The molecule has 160 valence electrons. The van der Waals surface area contributed by atoms with Gasteiger partial charge in [0.25, 0.3) is 0 Å². The lowest BCUT2D eigenvalue weighted by Gasteiger charge is -2.24. The fraction of sp³-hybridized carbons (Fsp3) is 0.458. The molecule has 0 spiro atoms. The third-order valence-corrected chi connectivity index (χ3v) is 4.65. The molecule has 0 saturated carbocycles. The summed E-state index contributed by atoms with van der Waals surface area (Å²) in [5.41, 5.74) is 1.74.